The van der Waals surface area contributed by atoms with Gasteiger partial charge < -0.3 is 58.8 Å². The van der Waals surface area contributed by atoms with Gasteiger partial charge in [-0.1, -0.05) is 0 Å². The number of phosphoric ester groups is 2. The fourth-order valence-corrected chi connectivity index (χ4v) is 6.88. The summed E-state index contributed by atoms with van der Waals surface area (Å²) in [4.78, 5) is 49.7. The Kier molecular flexibility index (Phi) is 13.5. The van der Waals surface area contributed by atoms with Crippen LogP contribution in [-0.2, 0) is 41.4 Å². The molecule has 0 radical (unpaired) electrons. The minimum absolute atomic E-state index is 0.00658. The quantitative estimate of drug-likeness (QED) is 0.0705. The number of aliphatic hydroxyl groups is 5. The minimum atomic E-state index is -5.90. The normalized spacial score (nSPS) is 34.1. The van der Waals surface area contributed by atoms with Crippen LogP contribution in [0.15, 0.2) is 21.9 Å². The van der Waals surface area contributed by atoms with Crippen LogP contribution in [0.25, 0.3) is 0 Å². The first-order valence-corrected chi connectivity index (χ1v) is 16.6. The maximum atomic E-state index is 12.3. The van der Waals surface area contributed by atoms with E-state index in [0.29, 0.717) is 30.1 Å². The second-order valence-electron chi connectivity index (χ2n) is 9.14. The number of H-pyrrole nitrogens is 1. The highest BCUT2D eigenvalue weighted by Crippen LogP contribution is 2.57. The fourth-order valence-electron chi connectivity index (χ4n) is 3.88. The SMILES string of the molecule is COCCOCCSCC1O[C@@H](OP(=O)([O-])OP(=O)([O-])OC[C@H]2OC(n3ccc(=O)[nH]c3=O)[C@@H](O)[C@H]2O)C(O)[C@@H](O)[C@H]1O. The van der Waals surface area contributed by atoms with Crippen LogP contribution < -0.4 is 21.0 Å². The topological polar surface area (TPSA) is 301 Å². The van der Waals surface area contributed by atoms with Crippen LogP contribution >= 0.6 is 27.4 Å². The van der Waals surface area contributed by atoms with Crippen molar-refractivity contribution in [3.8, 4) is 0 Å². The summed E-state index contributed by atoms with van der Waals surface area (Å²) in [5, 5.41) is 50.8. The van der Waals surface area contributed by atoms with E-state index in [-0.39, 0.29) is 5.75 Å². The lowest BCUT2D eigenvalue weighted by atomic mass is 10.0. The molecule has 0 saturated carbocycles. The molecule has 11 atom stereocenters. The van der Waals surface area contributed by atoms with E-state index < -0.39 is 88.7 Å². The van der Waals surface area contributed by atoms with Gasteiger partial charge in [0.2, 0.25) is 0 Å². The second-order valence-corrected chi connectivity index (χ2v) is 13.2. The average Bonchev–Trinajstić information content (AvgIpc) is 3.20. The molecule has 2 aliphatic rings. The summed E-state index contributed by atoms with van der Waals surface area (Å²) in [6.45, 7) is -0.0626. The Labute approximate surface area is 247 Å². The van der Waals surface area contributed by atoms with Gasteiger partial charge in [-0.25, -0.2) is 9.11 Å². The van der Waals surface area contributed by atoms with E-state index in [1.807, 2.05) is 4.98 Å². The van der Waals surface area contributed by atoms with Gasteiger partial charge in [0.25, 0.3) is 21.2 Å². The first-order valence-electron chi connectivity index (χ1n) is 12.5. The molecule has 3 heterocycles. The number of nitrogens with one attached hydrogen (secondary N) is 1. The van der Waals surface area contributed by atoms with Gasteiger partial charge >= 0.3 is 5.69 Å². The van der Waals surface area contributed by atoms with Gasteiger partial charge in [0, 0.05) is 30.9 Å². The third kappa shape index (κ3) is 10.2. The van der Waals surface area contributed by atoms with E-state index >= 15 is 0 Å². The number of hydrogen-bond donors (Lipinski definition) is 6. The molecule has 43 heavy (non-hydrogen) atoms. The van der Waals surface area contributed by atoms with Crippen molar-refractivity contribution in [3.63, 3.8) is 0 Å². The predicted molar refractivity (Wildman–Crippen MR) is 137 cm³/mol. The second kappa shape index (κ2) is 16.0. The number of rotatable bonds is 16. The molecule has 5 unspecified atom stereocenters. The standard InChI is InChI=1S/C20H34N2O18P2S/c1-34-4-5-35-6-7-43-9-11-14(25)15(26)17(28)19(38-11)39-42(32,33)40-41(30,31)36-8-10-13(24)16(27)18(37-10)22-3-2-12(23)21-20(22)29/h2-3,10-11,13-19,24-28H,4-9H2,1H3,(H,30,31)(H,32,33)(H,21,23,29)/p-2/t10-,11?,13+,14+,15+,16+,17?,18?,19+/m1/s1. The highest BCUT2D eigenvalue weighted by molar-refractivity contribution is 7.99. The summed E-state index contributed by atoms with van der Waals surface area (Å²) in [6.07, 6.45) is -15.0. The molecular formula is C20H32N2O18P2S-2. The van der Waals surface area contributed by atoms with E-state index in [2.05, 4.69) is 13.4 Å². The molecule has 2 aliphatic heterocycles. The lowest BCUT2D eigenvalue weighted by Crippen LogP contribution is -2.58. The third-order valence-electron chi connectivity index (χ3n) is 6.05. The number of aliphatic hydroxyl groups excluding tert-OH is 5. The zero-order chi connectivity index (χ0) is 31.9. The van der Waals surface area contributed by atoms with Crippen molar-refractivity contribution in [1.82, 2.24) is 9.55 Å². The van der Waals surface area contributed by atoms with Crippen molar-refractivity contribution in [1.29, 1.82) is 0 Å². The monoisotopic (exact) mass is 682 g/mol. The predicted octanol–water partition coefficient (Wildman–Crippen LogP) is -4.65. The van der Waals surface area contributed by atoms with Crippen LogP contribution in [-0.4, -0.2) is 129 Å². The Morgan fingerprint density at radius 3 is 2.33 bits per heavy atom. The first kappa shape index (κ1) is 36.4. The molecule has 0 aliphatic carbocycles. The van der Waals surface area contributed by atoms with Crippen LogP contribution in [0.4, 0.5) is 0 Å². The molecule has 0 amide bonds. The minimum Gasteiger partial charge on any atom is -0.756 e. The van der Waals surface area contributed by atoms with Crippen LogP contribution in [0.5, 0.6) is 0 Å². The van der Waals surface area contributed by atoms with Gasteiger partial charge in [0.1, 0.15) is 36.6 Å². The molecule has 0 bridgehead atoms. The van der Waals surface area contributed by atoms with Crippen LogP contribution in [0.3, 0.4) is 0 Å². The van der Waals surface area contributed by atoms with E-state index in [9.17, 15) is 54.0 Å². The number of thioether (sulfide) groups is 1. The van der Waals surface area contributed by atoms with Crippen molar-refractivity contribution in [2.24, 2.45) is 0 Å². The zero-order valence-electron chi connectivity index (χ0n) is 22.4. The lowest BCUT2D eigenvalue weighted by Gasteiger charge is -2.42. The fraction of sp³-hybridized carbons (Fsp3) is 0.800. The largest absolute Gasteiger partial charge is 0.756 e. The third-order valence-corrected chi connectivity index (χ3v) is 9.60. The highest BCUT2D eigenvalue weighted by Gasteiger charge is 2.47. The molecular weight excluding hydrogens is 650 g/mol. The smallest absolute Gasteiger partial charge is 0.330 e. The Hall–Kier alpha value is -1.07. The number of hydrogen-bond acceptors (Lipinski definition) is 19. The van der Waals surface area contributed by atoms with Crippen molar-refractivity contribution in [2.45, 2.75) is 55.2 Å². The maximum absolute atomic E-state index is 12.3. The number of aromatic nitrogens is 2. The molecule has 0 spiro atoms. The summed E-state index contributed by atoms with van der Waals surface area (Å²) in [5.41, 5.74) is -1.77. The number of phosphoric acid groups is 2. The molecule has 23 heteroatoms. The van der Waals surface area contributed by atoms with E-state index in [1.54, 1.807) is 0 Å². The molecule has 2 fully saturated rings. The summed E-state index contributed by atoms with van der Waals surface area (Å²) < 4.78 is 58.8. The van der Waals surface area contributed by atoms with E-state index in [1.165, 1.54) is 18.9 Å². The number of aromatic amines is 1. The van der Waals surface area contributed by atoms with Crippen molar-refractivity contribution in [2.75, 3.05) is 45.0 Å². The molecule has 2 saturated heterocycles. The number of methoxy groups -OCH3 is 1. The van der Waals surface area contributed by atoms with Gasteiger partial charge in [-0.3, -0.25) is 28.0 Å². The molecule has 20 nitrogen and oxygen atoms in total. The lowest BCUT2D eigenvalue weighted by molar-refractivity contribution is -0.298. The summed E-state index contributed by atoms with van der Waals surface area (Å²) in [5.74, 6) is 0.409. The van der Waals surface area contributed by atoms with E-state index in [4.69, 9.17) is 18.9 Å². The molecule has 1 aromatic rings. The number of nitrogens with zero attached hydrogens (tertiary/aromatic N) is 1. The van der Waals surface area contributed by atoms with Crippen molar-refractivity contribution < 1.29 is 76.8 Å². The van der Waals surface area contributed by atoms with E-state index in [0.717, 1.165) is 12.3 Å². The Morgan fingerprint density at radius 1 is 0.953 bits per heavy atom. The van der Waals surface area contributed by atoms with Crippen molar-refractivity contribution in [3.05, 3.63) is 33.1 Å². The van der Waals surface area contributed by atoms with Gasteiger partial charge in [-0.2, -0.15) is 11.8 Å². The van der Waals surface area contributed by atoms with Crippen LogP contribution in [0, 0.1) is 0 Å². The van der Waals surface area contributed by atoms with Crippen LogP contribution in [0.2, 0.25) is 0 Å². The molecule has 0 aromatic carbocycles. The summed E-state index contributed by atoms with van der Waals surface area (Å²) >= 11 is 1.20. The summed E-state index contributed by atoms with van der Waals surface area (Å²) in [7, 11) is -10.2. The van der Waals surface area contributed by atoms with Crippen LogP contribution in [0.1, 0.15) is 6.23 Å². The van der Waals surface area contributed by atoms with Gasteiger partial charge in [-0.15, -0.1) is 0 Å². The van der Waals surface area contributed by atoms with Gasteiger partial charge in [-0.05, 0) is 0 Å². The Bertz CT molecular complexity index is 1250. The van der Waals surface area contributed by atoms with Gasteiger partial charge in [0.05, 0.1) is 32.5 Å². The Balaban J connectivity index is 1.54. The van der Waals surface area contributed by atoms with Gasteiger partial charge in [0.15, 0.2) is 12.5 Å². The average molecular weight is 682 g/mol. The van der Waals surface area contributed by atoms with Crippen molar-refractivity contribution >= 4 is 27.4 Å². The first-order chi connectivity index (χ1) is 20.2. The maximum Gasteiger partial charge on any atom is 0.330 e. The zero-order valence-corrected chi connectivity index (χ0v) is 25.0. The molecule has 6 N–H and O–H groups in total. The molecule has 3 rings (SSSR count). The number of ether oxygens (including phenoxy) is 4. The Morgan fingerprint density at radius 2 is 1.65 bits per heavy atom. The molecule has 1 aromatic heterocycles. The molecule has 248 valence electrons. The summed E-state index contributed by atoms with van der Waals surface area (Å²) in [6, 6.07) is 0.924. The highest BCUT2D eigenvalue weighted by atomic mass is 32.2.